The molecule has 1 fully saturated rings. The smallest absolute Gasteiger partial charge is 0.223 e. The van der Waals surface area contributed by atoms with Crippen molar-refractivity contribution < 1.29 is 4.79 Å². The van der Waals surface area contributed by atoms with Gasteiger partial charge in [-0.2, -0.15) is 11.8 Å². The average Bonchev–Trinajstić information content (AvgIpc) is 3.07. The molecule has 0 radical (unpaired) electrons. The molecule has 1 amide bonds. The number of carbonyl (C=O) groups is 1. The summed E-state index contributed by atoms with van der Waals surface area (Å²) in [6, 6.07) is 8.74. The van der Waals surface area contributed by atoms with Crippen molar-refractivity contribution in [2.45, 2.75) is 37.4 Å². The summed E-state index contributed by atoms with van der Waals surface area (Å²) < 4.78 is 0. The van der Waals surface area contributed by atoms with Crippen LogP contribution in [0.15, 0.2) is 24.3 Å². The van der Waals surface area contributed by atoms with Crippen LogP contribution in [0.4, 0.5) is 0 Å². The first-order valence-corrected chi connectivity index (χ1v) is 8.34. The van der Waals surface area contributed by atoms with Crippen LogP contribution in [0.5, 0.6) is 0 Å². The quantitative estimate of drug-likeness (QED) is 0.842. The molecule has 2 nitrogen and oxygen atoms in total. The summed E-state index contributed by atoms with van der Waals surface area (Å²) in [5, 5.41) is 0.684. The number of likely N-dealkylation sites (tertiary alicyclic amines) is 1. The normalized spacial score (nSPS) is 18.8. The van der Waals surface area contributed by atoms with Gasteiger partial charge in [-0.25, -0.2) is 0 Å². The van der Waals surface area contributed by atoms with Crippen molar-refractivity contribution >= 4 is 17.7 Å². The van der Waals surface area contributed by atoms with Gasteiger partial charge in [0.2, 0.25) is 5.91 Å². The number of thioether (sulfide) groups is 1. The molecule has 2 aliphatic rings. The van der Waals surface area contributed by atoms with Crippen LogP contribution >= 0.6 is 11.8 Å². The Kier molecular flexibility index (Phi) is 4.12. The third kappa shape index (κ3) is 3.14. The van der Waals surface area contributed by atoms with Crippen molar-refractivity contribution in [3.05, 3.63) is 35.4 Å². The molecule has 0 aromatic heterocycles. The molecule has 1 aromatic carbocycles. The highest BCUT2D eigenvalue weighted by Crippen LogP contribution is 2.30. The molecule has 1 aromatic rings. The molecule has 1 saturated heterocycles. The Hall–Kier alpha value is -0.960. The van der Waals surface area contributed by atoms with Crippen molar-refractivity contribution in [3.63, 3.8) is 0 Å². The molecule has 0 spiro atoms. The zero-order valence-corrected chi connectivity index (χ0v) is 12.1. The van der Waals surface area contributed by atoms with E-state index in [9.17, 15) is 4.79 Å². The van der Waals surface area contributed by atoms with Crippen LogP contribution in [0.3, 0.4) is 0 Å². The number of fused-ring (bicyclic) bond motifs is 1. The van der Waals surface area contributed by atoms with Crippen LogP contribution in [0.1, 0.15) is 30.4 Å². The third-order valence-electron chi connectivity index (χ3n) is 4.14. The standard InChI is InChI=1S/C16H21NOS/c18-16(17-8-3-4-9-17)7-10-19-15-11-13-5-1-2-6-14(13)12-15/h1-2,5-6,15H,3-4,7-12H2. The zero-order valence-electron chi connectivity index (χ0n) is 11.3. The topological polar surface area (TPSA) is 20.3 Å². The fourth-order valence-corrected chi connectivity index (χ4v) is 4.29. The monoisotopic (exact) mass is 275 g/mol. The van der Waals surface area contributed by atoms with Crippen molar-refractivity contribution in [3.8, 4) is 0 Å². The first-order valence-electron chi connectivity index (χ1n) is 7.29. The Balaban J connectivity index is 1.41. The molecule has 1 aliphatic heterocycles. The van der Waals surface area contributed by atoms with Crippen LogP contribution in [0.25, 0.3) is 0 Å². The molecule has 0 unspecified atom stereocenters. The molecule has 19 heavy (non-hydrogen) atoms. The summed E-state index contributed by atoms with van der Waals surface area (Å²) >= 11 is 1.98. The SMILES string of the molecule is O=C(CCSC1Cc2ccccc2C1)N1CCCC1. The molecule has 1 aliphatic carbocycles. The molecule has 102 valence electrons. The van der Waals surface area contributed by atoms with E-state index in [-0.39, 0.29) is 0 Å². The lowest BCUT2D eigenvalue weighted by molar-refractivity contribution is -0.129. The lowest BCUT2D eigenvalue weighted by Crippen LogP contribution is -2.27. The fourth-order valence-electron chi connectivity index (χ4n) is 3.07. The summed E-state index contributed by atoms with van der Waals surface area (Å²) in [4.78, 5) is 14.0. The molecule has 3 rings (SSSR count). The predicted octanol–water partition coefficient (Wildman–Crippen LogP) is 2.90. The summed E-state index contributed by atoms with van der Waals surface area (Å²) in [5.41, 5.74) is 3.01. The number of hydrogen-bond donors (Lipinski definition) is 0. The summed E-state index contributed by atoms with van der Waals surface area (Å²) in [6.07, 6.45) is 5.46. The number of nitrogens with zero attached hydrogens (tertiary/aromatic N) is 1. The van der Waals surface area contributed by atoms with E-state index in [0.717, 1.165) is 25.3 Å². The van der Waals surface area contributed by atoms with Gasteiger partial charge in [0.15, 0.2) is 0 Å². The minimum Gasteiger partial charge on any atom is -0.343 e. The Morgan fingerprint density at radius 2 is 1.79 bits per heavy atom. The Labute approximate surface area is 119 Å². The molecule has 0 saturated carbocycles. The lowest BCUT2D eigenvalue weighted by Gasteiger charge is -2.15. The molecular formula is C16H21NOS. The van der Waals surface area contributed by atoms with E-state index in [1.807, 2.05) is 16.7 Å². The number of hydrogen-bond acceptors (Lipinski definition) is 2. The van der Waals surface area contributed by atoms with Gasteiger partial charge in [0.25, 0.3) is 0 Å². The largest absolute Gasteiger partial charge is 0.343 e. The minimum atomic E-state index is 0.362. The van der Waals surface area contributed by atoms with E-state index in [1.165, 1.54) is 36.8 Å². The molecule has 0 atom stereocenters. The van der Waals surface area contributed by atoms with Gasteiger partial charge in [0, 0.05) is 30.5 Å². The van der Waals surface area contributed by atoms with Crippen molar-refractivity contribution in [1.82, 2.24) is 4.90 Å². The van der Waals surface area contributed by atoms with Crippen LogP contribution in [-0.4, -0.2) is 34.9 Å². The molecular weight excluding hydrogens is 254 g/mol. The van der Waals surface area contributed by atoms with Gasteiger partial charge in [0.1, 0.15) is 0 Å². The van der Waals surface area contributed by atoms with E-state index >= 15 is 0 Å². The number of rotatable bonds is 4. The van der Waals surface area contributed by atoms with Crippen molar-refractivity contribution in [2.24, 2.45) is 0 Å². The summed E-state index contributed by atoms with van der Waals surface area (Å²) in [7, 11) is 0. The van der Waals surface area contributed by atoms with Gasteiger partial charge >= 0.3 is 0 Å². The number of carbonyl (C=O) groups excluding carboxylic acids is 1. The first-order chi connectivity index (χ1) is 9.33. The van der Waals surface area contributed by atoms with Gasteiger partial charge in [-0.05, 0) is 36.8 Å². The zero-order chi connectivity index (χ0) is 13.1. The highest BCUT2D eigenvalue weighted by Gasteiger charge is 2.22. The Bertz CT molecular complexity index is 429. The Morgan fingerprint density at radius 3 is 2.42 bits per heavy atom. The van der Waals surface area contributed by atoms with E-state index in [0.29, 0.717) is 11.2 Å². The van der Waals surface area contributed by atoms with E-state index in [1.54, 1.807) is 0 Å². The highest BCUT2D eigenvalue weighted by atomic mass is 32.2. The molecule has 1 heterocycles. The minimum absolute atomic E-state index is 0.362. The van der Waals surface area contributed by atoms with Gasteiger partial charge in [-0.3, -0.25) is 4.79 Å². The maximum atomic E-state index is 11.9. The number of benzene rings is 1. The summed E-state index contributed by atoms with van der Waals surface area (Å²) in [6.45, 7) is 1.97. The first kappa shape index (κ1) is 13.0. The van der Waals surface area contributed by atoms with Crippen LogP contribution in [0.2, 0.25) is 0 Å². The second kappa shape index (κ2) is 6.00. The van der Waals surface area contributed by atoms with Gasteiger partial charge in [-0.1, -0.05) is 24.3 Å². The predicted molar refractivity (Wildman–Crippen MR) is 80.5 cm³/mol. The highest BCUT2D eigenvalue weighted by molar-refractivity contribution is 7.99. The Morgan fingerprint density at radius 1 is 1.16 bits per heavy atom. The van der Waals surface area contributed by atoms with Gasteiger partial charge in [0.05, 0.1) is 0 Å². The second-order valence-electron chi connectivity index (χ2n) is 5.51. The number of amides is 1. The van der Waals surface area contributed by atoms with E-state index in [4.69, 9.17) is 0 Å². The maximum absolute atomic E-state index is 11.9. The molecule has 0 bridgehead atoms. The average molecular weight is 275 g/mol. The second-order valence-corrected chi connectivity index (χ2v) is 6.92. The van der Waals surface area contributed by atoms with Crippen molar-refractivity contribution in [1.29, 1.82) is 0 Å². The van der Waals surface area contributed by atoms with Gasteiger partial charge in [-0.15, -0.1) is 0 Å². The van der Waals surface area contributed by atoms with Crippen LogP contribution in [-0.2, 0) is 17.6 Å². The third-order valence-corrected chi connectivity index (χ3v) is 5.39. The van der Waals surface area contributed by atoms with Crippen LogP contribution in [0, 0.1) is 0 Å². The maximum Gasteiger partial charge on any atom is 0.223 e. The fraction of sp³-hybridized carbons (Fsp3) is 0.562. The van der Waals surface area contributed by atoms with Crippen molar-refractivity contribution in [2.75, 3.05) is 18.8 Å². The van der Waals surface area contributed by atoms with E-state index < -0.39 is 0 Å². The molecule has 3 heteroatoms. The van der Waals surface area contributed by atoms with E-state index in [2.05, 4.69) is 24.3 Å². The summed E-state index contributed by atoms with van der Waals surface area (Å²) in [5.74, 6) is 1.34. The molecule has 0 N–H and O–H groups in total. The lowest BCUT2D eigenvalue weighted by atomic mass is 10.1. The van der Waals surface area contributed by atoms with Gasteiger partial charge < -0.3 is 4.90 Å². The van der Waals surface area contributed by atoms with Crippen LogP contribution < -0.4 is 0 Å².